The minimum Gasteiger partial charge on any atom is -0.497 e. The topological polar surface area (TPSA) is 85.9 Å². The molecule has 2 aromatic carbocycles. The Morgan fingerprint density at radius 1 is 0.963 bits per heavy atom. The van der Waals surface area contributed by atoms with Crippen LogP contribution >= 0.6 is 0 Å². The maximum atomic E-state index is 12.6. The number of hydrogen-bond acceptors (Lipinski definition) is 5. The molecule has 0 spiro atoms. The first-order valence-corrected chi connectivity index (χ1v) is 8.25. The minimum atomic E-state index is -0.682. The van der Waals surface area contributed by atoms with Gasteiger partial charge in [0, 0.05) is 0 Å². The highest BCUT2D eigenvalue weighted by molar-refractivity contribution is 6.04. The van der Waals surface area contributed by atoms with Crippen LogP contribution in [0.1, 0.15) is 17.2 Å². The molecule has 0 saturated heterocycles. The minimum absolute atomic E-state index is 0.301. The van der Waals surface area contributed by atoms with Gasteiger partial charge in [0.05, 0.1) is 38.6 Å². The van der Waals surface area contributed by atoms with E-state index >= 15 is 0 Å². The largest absolute Gasteiger partial charge is 0.497 e. The zero-order valence-corrected chi connectivity index (χ0v) is 15.2. The lowest BCUT2D eigenvalue weighted by molar-refractivity contribution is -0.136. The first-order valence-electron chi connectivity index (χ1n) is 8.25. The Morgan fingerprint density at radius 2 is 1.67 bits per heavy atom. The number of methoxy groups -OCH3 is 3. The Hall–Kier alpha value is -3.48. The van der Waals surface area contributed by atoms with Gasteiger partial charge in [-0.15, -0.1) is 0 Å². The molecule has 1 aliphatic rings. The molecule has 0 bridgehead atoms. The summed E-state index contributed by atoms with van der Waals surface area (Å²) in [5, 5.41) is 5.50. The number of urea groups is 1. The van der Waals surface area contributed by atoms with Crippen LogP contribution in [0.5, 0.6) is 11.5 Å². The molecule has 140 valence electrons. The summed E-state index contributed by atoms with van der Waals surface area (Å²) >= 11 is 0. The monoisotopic (exact) mass is 368 g/mol. The van der Waals surface area contributed by atoms with Crippen LogP contribution in [0.25, 0.3) is 5.70 Å². The van der Waals surface area contributed by atoms with Crippen LogP contribution in [-0.4, -0.2) is 33.3 Å². The standard InChI is InChI=1S/C20H20N2O5/c1-25-14-9-7-12(8-10-14)17-16(19(23)27-3)18(22-20(24)21-17)13-5-4-6-15(11-13)26-2/h4-11,18H,1-3H3,(H2,21,22,24). The van der Waals surface area contributed by atoms with E-state index in [0.29, 0.717) is 33.9 Å². The molecule has 2 aromatic rings. The molecule has 1 atom stereocenters. The van der Waals surface area contributed by atoms with E-state index in [4.69, 9.17) is 14.2 Å². The Kier molecular flexibility index (Phi) is 5.30. The van der Waals surface area contributed by atoms with Crippen LogP contribution in [-0.2, 0) is 9.53 Å². The summed E-state index contributed by atoms with van der Waals surface area (Å²) in [6.45, 7) is 0. The quantitative estimate of drug-likeness (QED) is 0.793. The second kappa shape index (κ2) is 7.82. The third-order valence-electron chi connectivity index (χ3n) is 4.28. The van der Waals surface area contributed by atoms with Gasteiger partial charge >= 0.3 is 12.0 Å². The predicted octanol–water partition coefficient (Wildman–Crippen LogP) is 2.64. The van der Waals surface area contributed by atoms with Gasteiger partial charge in [-0.1, -0.05) is 12.1 Å². The maximum absolute atomic E-state index is 12.6. The van der Waals surface area contributed by atoms with E-state index in [9.17, 15) is 9.59 Å². The number of carbonyl (C=O) groups excluding carboxylic acids is 2. The van der Waals surface area contributed by atoms with Gasteiger partial charge in [0.25, 0.3) is 0 Å². The molecular weight excluding hydrogens is 348 g/mol. The van der Waals surface area contributed by atoms with Gasteiger partial charge in [0.1, 0.15) is 11.5 Å². The second-order valence-corrected chi connectivity index (χ2v) is 5.82. The molecule has 0 radical (unpaired) electrons. The summed E-state index contributed by atoms with van der Waals surface area (Å²) in [4.78, 5) is 24.9. The number of carbonyl (C=O) groups is 2. The average Bonchev–Trinajstić information content (AvgIpc) is 2.72. The predicted molar refractivity (Wildman–Crippen MR) is 99.3 cm³/mol. The van der Waals surface area contributed by atoms with Gasteiger partial charge in [-0.25, -0.2) is 9.59 Å². The smallest absolute Gasteiger partial charge is 0.338 e. The molecule has 27 heavy (non-hydrogen) atoms. The normalized spacial score (nSPS) is 16.3. The van der Waals surface area contributed by atoms with Crippen molar-refractivity contribution in [3.8, 4) is 11.5 Å². The van der Waals surface area contributed by atoms with E-state index in [2.05, 4.69) is 10.6 Å². The highest BCUT2D eigenvalue weighted by Crippen LogP contribution is 2.33. The van der Waals surface area contributed by atoms with Crippen LogP contribution in [0.3, 0.4) is 0 Å². The summed E-state index contributed by atoms with van der Waals surface area (Å²) in [6.07, 6.45) is 0. The van der Waals surface area contributed by atoms with Crippen molar-refractivity contribution >= 4 is 17.7 Å². The van der Waals surface area contributed by atoms with Crippen molar-refractivity contribution in [3.05, 3.63) is 65.2 Å². The summed E-state index contributed by atoms with van der Waals surface area (Å²) in [5.74, 6) is 0.750. The maximum Gasteiger partial charge on any atom is 0.338 e. The van der Waals surface area contributed by atoms with Gasteiger partial charge < -0.3 is 24.8 Å². The van der Waals surface area contributed by atoms with E-state index in [0.717, 1.165) is 0 Å². The first kappa shape index (κ1) is 18.3. The van der Waals surface area contributed by atoms with Crippen LogP contribution in [0.15, 0.2) is 54.1 Å². The SMILES string of the molecule is COC(=O)C1=C(c2ccc(OC)cc2)NC(=O)NC1c1cccc(OC)c1. The number of esters is 1. The molecule has 2 amide bonds. The van der Waals surface area contributed by atoms with Crippen LogP contribution in [0.4, 0.5) is 4.79 Å². The molecule has 1 unspecified atom stereocenters. The summed E-state index contributed by atoms with van der Waals surface area (Å²) in [6, 6.07) is 13.1. The second-order valence-electron chi connectivity index (χ2n) is 5.82. The van der Waals surface area contributed by atoms with E-state index in [-0.39, 0.29) is 0 Å². The molecule has 7 nitrogen and oxygen atoms in total. The zero-order valence-electron chi connectivity index (χ0n) is 15.2. The number of amides is 2. The molecule has 7 heteroatoms. The number of nitrogens with one attached hydrogen (secondary N) is 2. The molecule has 0 aromatic heterocycles. The molecule has 1 aliphatic heterocycles. The van der Waals surface area contributed by atoms with Crippen LogP contribution in [0, 0.1) is 0 Å². The van der Waals surface area contributed by atoms with Crippen molar-refractivity contribution in [1.29, 1.82) is 0 Å². The Morgan fingerprint density at radius 3 is 2.30 bits per heavy atom. The highest BCUT2D eigenvalue weighted by Gasteiger charge is 2.34. The summed E-state index contributed by atoms with van der Waals surface area (Å²) in [5.41, 5.74) is 2.06. The van der Waals surface area contributed by atoms with Crippen molar-refractivity contribution in [3.63, 3.8) is 0 Å². The Balaban J connectivity index is 2.16. The van der Waals surface area contributed by atoms with E-state index in [1.54, 1.807) is 56.7 Å². The number of hydrogen-bond donors (Lipinski definition) is 2. The van der Waals surface area contributed by atoms with Crippen LogP contribution < -0.4 is 20.1 Å². The summed E-state index contributed by atoms with van der Waals surface area (Å²) < 4.78 is 15.4. The third kappa shape index (κ3) is 3.72. The van der Waals surface area contributed by atoms with Crippen molar-refractivity contribution in [1.82, 2.24) is 10.6 Å². The van der Waals surface area contributed by atoms with E-state index in [1.807, 2.05) is 6.07 Å². The summed E-state index contributed by atoms with van der Waals surface area (Å²) in [7, 11) is 4.43. The van der Waals surface area contributed by atoms with Crippen molar-refractivity contribution in [2.75, 3.05) is 21.3 Å². The third-order valence-corrected chi connectivity index (χ3v) is 4.28. The van der Waals surface area contributed by atoms with Gasteiger partial charge in [0.15, 0.2) is 0 Å². The van der Waals surface area contributed by atoms with Crippen LogP contribution in [0.2, 0.25) is 0 Å². The van der Waals surface area contributed by atoms with Crippen molar-refractivity contribution in [2.24, 2.45) is 0 Å². The van der Waals surface area contributed by atoms with Gasteiger partial charge in [-0.05, 0) is 47.5 Å². The van der Waals surface area contributed by atoms with Gasteiger partial charge in [-0.3, -0.25) is 0 Å². The number of ether oxygens (including phenoxy) is 3. The number of rotatable bonds is 5. The lowest BCUT2D eigenvalue weighted by Crippen LogP contribution is -2.45. The van der Waals surface area contributed by atoms with Crippen molar-refractivity contribution in [2.45, 2.75) is 6.04 Å². The molecule has 0 saturated carbocycles. The molecule has 1 heterocycles. The van der Waals surface area contributed by atoms with E-state index in [1.165, 1.54) is 7.11 Å². The number of benzene rings is 2. The molecule has 2 N–H and O–H groups in total. The fourth-order valence-electron chi connectivity index (χ4n) is 2.95. The lowest BCUT2D eigenvalue weighted by atomic mass is 9.92. The lowest BCUT2D eigenvalue weighted by Gasteiger charge is -2.29. The first-order chi connectivity index (χ1) is 13.1. The molecule has 0 fully saturated rings. The fourth-order valence-corrected chi connectivity index (χ4v) is 2.95. The van der Waals surface area contributed by atoms with Crippen molar-refractivity contribution < 1.29 is 23.8 Å². The molecule has 3 rings (SSSR count). The molecule has 0 aliphatic carbocycles. The van der Waals surface area contributed by atoms with Gasteiger partial charge in [0.2, 0.25) is 0 Å². The van der Waals surface area contributed by atoms with E-state index < -0.39 is 18.0 Å². The zero-order chi connectivity index (χ0) is 19.4. The average molecular weight is 368 g/mol. The fraction of sp³-hybridized carbons (Fsp3) is 0.200. The Bertz CT molecular complexity index is 890. The molecular formula is C20H20N2O5. The van der Waals surface area contributed by atoms with Gasteiger partial charge in [-0.2, -0.15) is 0 Å². The highest BCUT2D eigenvalue weighted by atomic mass is 16.5. The Labute approximate surface area is 156 Å².